The highest BCUT2D eigenvalue weighted by atomic mass is 127. The quantitative estimate of drug-likeness (QED) is 0.787. The molecule has 19 heavy (non-hydrogen) atoms. The highest BCUT2D eigenvalue weighted by Gasteiger charge is 2.33. The van der Waals surface area contributed by atoms with Crippen LogP contribution in [0.25, 0.3) is 0 Å². The van der Waals surface area contributed by atoms with E-state index in [9.17, 15) is 14.0 Å². The van der Waals surface area contributed by atoms with Gasteiger partial charge in [0.05, 0.1) is 5.92 Å². The first-order valence-corrected chi connectivity index (χ1v) is 7.05. The Balaban J connectivity index is 2.07. The number of nitrogens with one attached hydrogen (secondary N) is 2. The van der Waals surface area contributed by atoms with Crippen LogP contribution in [-0.2, 0) is 9.59 Å². The van der Waals surface area contributed by atoms with Gasteiger partial charge in [0.25, 0.3) is 0 Å². The summed E-state index contributed by atoms with van der Waals surface area (Å²) in [6.07, 6.45) is 0.569. The molecule has 0 aromatic heterocycles. The molecule has 1 aliphatic heterocycles. The lowest BCUT2D eigenvalue weighted by atomic mass is 9.95. The second-order valence-corrected chi connectivity index (χ2v) is 5.77. The standard InChI is InChI=1S/C13H14FIN2O2/c1-7(18)16-6-9-5-10(13(19)17-9)8-2-3-12(15)11(14)4-8/h2-4,9-10H,5-6H2,1H3,(H,16,18)(H,17,19)/t9-,10?/m0/s1. The van der Waals surface area contributed by atoms with Gasteiger partial charge in [0.15, 0.2) is 0 Å². The molecule has 6 heteroatoms. The molecule has 2 rings (SSSR count). The van der Waals surface area contributed by atoms with Gasteiger partial charge in [0, 0.05) is 23.1 Å². The topological polar surface area (TPSA) is 58.2 Å². The minimum Gasteiger partial charge on any atom is -0.354 e. The van der Waals surface area contributed by atoms with E-state index in [1.54, 1.807) is 12.1 Å². The lowest BCUT2D eigenvalue weighted by Crippen LogP contribution is -2.37. The molecule has 4 nitrogen and oxygen atoms in total. The van der Waals surface area contributed by atoms with E-state index >= 15 is 0 Å². The number of carbonyl (C=O) groups excluding carboxylic acids is 2. The minimum atomic E-state index is -0.342. The van der Waals surface area contributed by atoms with Crippen LogP contribution in [0.5, 0.6) is 0 Å². The molecule has 1 aromatic carbocycles. The van der Waals surface area contributed by atoms with E-state index in [4.69, 9.17) is 0 Å². The Kier molecular flexibility index (Phi) is 4.38. The van der Waals surface area contributed by atoms with Gasteiger partial charge in [0.1, 0.15) is 5.82 Å². The van der Waals surface area contributed by atoms with Crippen LogP contribution in [0, 0.1) is 9.39 Å². The first-order valence-electron chi connectivity index (χ1n) is 5.97. The Labute approximate surface area is 124 Å². The van der Waals surface area contributed by atoms with E-state index in [0.717, 1.165) is 0 Å². The van der Waals surface area contributed by atoms with Crippen LogP contribution < -0.4 is 10.6 Å². The summed E-state index contributed by atoms with van der Waals surface area (Å²) < 4.78 is 14.1. The first-order chi connectivity index (χ1) is 8.97. The van der Waals surface area contributed by atoms with Crippen molar-refractivity contribution in [2.75, 3.05) is 6.54 Å². The van der Waals surface area contributed by atoms with E-state index in [1.165, 1.54) is 13.0 Å². The van der Waals surface area contributed by atoms with Crippen molar-refractivity contribution in [2.45, 2.75) is 25.3 Å². The Morgan fingerprint density at radius 3 is 2.95 bits per heavy atom. The zero-order chi connectivity index (χ0) is 14.0. The summed E-state index contributed by atoms with van der Waals surface area (Å²) in [5, 5.41) is 5.49. The summed E-state index contributed by atoms with van der Waals surface area (Å²) in [6.45, 7) is 1.84. The molecule has 2 atom stereocenters. The normalized spacial score (nSPS) is 22.2. The highest BCUT2D eigenvalue weighted by molar-refractivity contribution is 14.1. The van der Waals surface area contributed by atoms with Crippen LogP contribution in [0.2, 0.25) is 0 Å². The molecule has 0 bridgehead atoms. The van der Waals surface area contributed by atoms with Crippen LogP contribution in [0.4, 0.5) is 4.39 Å². The Morgan fingerprint density at radius 2 is 2.32 bits per heavy atom. The van der Waals surface area contributed by atoms with E-state index in [2.05, 4.69) is 10.6 Å². The summed E-state index contributed by atoms with van der Waals surface area (Å²) in [7, 11) is 0. The molecular formula is C13H14FIN2O2. The second-order valence-electron chi connectivity index (χ2n) is 4.60. The predicted molar refractivity (Wildman–Crippen MR) is 77.1 cm³/mol. The fourth-order valence-corrected chi connectivity index (χ4v) is 2.51. The van der Waals surface area contributed by atoms with Gasteiger partial charge in [-0.3, -0.25) is 9.59 Å². The van der Waals surface area contributed by atoms with Crippen LogP contribution in [0.1, 0.15) is 24.8 Å². The van der Waals surface area contributed by atoms with Gasteiger partial charge < -0.3 is 10.6 Å². The molecular weight excluding hydrogens is 362 g/mol. The van der Waals surface area contributed by atoms with Gasteiger partial charge >= 0.3 is 0 Å². The third kappa shape index (κ3) is 3.43. The van der Waals surface area contributed by atoms with Gasteiger partial charge in [-0.05, 0) is 46.7 Å². The lowest BCUT2D eigenvalue weighted by molar-refractivity contribution is -0.121. The minimum absolute atomic E-state index is 0.0938. The molecule has 0 aliphatic carbocycles. The summed E-state index contributed by atoms with van der Waals surface area (Å²) in [5.41, 5.74) is 0.681. The van der Waals surface area contributed by atoms with Crippen molar-refractivity contribution in [3.8, 4) is 0 Å². The molecule has 0 spiro atoms. The van der Waals surface area contributed by atoms with Crippen LogP contribution in [0.3, 0.4) is 0 Å². The second kappa shape index (κ2) is 5.85. The number of hydrogen-bond donors (Lipinski definition) is 2. The van der Waals surface area contributed by atoms with Gasteiger partial charge in [0.2, 0.25) is 11.8 Å². The Bertz CT molecular complexity index is 521. The lowest BCUT2D eigenvalue weighted by Gasteiger charge is -2.10. The average Bonchev–Trinajstić information content (AvgIpc) is 2.72. The van der Waals surface area contributed by atoms with E-state index < -0.39 is 0 Å². The fourth-order valence-electron chi connectivity index (χ4n) is 2.17. The van der Waals surface area contributed by atoms with Crippen molar-refractivity contribution < 1.29 is 14.0 Å². The molecule has 1 fully saturated rings. The molecule has 1 aliphatic rings. The number of carbonyl (C=O) groups is 2. The molecule has 1 heterocycles. The zero-order valence-electron chi connectivity index (χ0n) is 10.4. The van der Waals surface area contributed by atoms with Crippen molar-refractivity contribution in [1.82, 2.24) is 10.6 Å². The van der Waals surface area contributed by atoms with Gasteiger partial charge in [-0.15, -0.1) is 0 Å². The molecule has 0 radical (unpaired) electrons. The molecule has 0 saturated carbocycles. The van der Waals surface area contributed by atoms with Crippen LogP contribution in [0.15, 0.2) is 18.2 Å². The number of hydrogen-bond acceptors (Lipinski definition) is 2. The highest BCUT2D eigenvalue weighted by Crippen LogP contribution is 2.28. The maximum atomic E-state index is 13.5. The number of benzene rings is 1. The fraction of sp³-hybridized carbons (Fsp3) is 0.385. The molecule has 2 N–H and O–H groups in total. The summed E-state index contributed by atoms with van der Waals surface area (Å²) in [4.78, 5) is 22.7. The summed E-state index contributed by atoms with van der Waals surface area (Å²) in [5.74, 6) is -0.893. The summed E-state index contributed by atoms with van der Waals surface area (Å²) in [6, 6.07) is 4.76. The van der Waals surface area contributed by atoms with Crippen molar-refractivity contribution in [2.24, 2.45) is 0 Å². The molecule has 2 amide bonds. The smallest absolute Gasteiger partial charge is 0.227 e. The van der Waals surface area contributed by atoms with Gasteiger partial charge in [-0.25, -0.2) is 4.39 Å². The average molecular weight is 376 g/mol. The Morgan fingerprint density at radius 1 is 1.58 bits per heavy atom. The molecule has 102 valence electrons. The third-order valence-electron chi connectivity index (χ3n) is 3.13. The maximum absolute atomic E-state index is 13.5. The number of rotatable bonds is 3. The third-order valence-corrected chi connectivity index (χ3v) is 4.00. The summed E-state index contributed by atoms with van der Waals surface area (Å²) >= 11 is 1.91. The number of halogens is 2. The Hall–Kier alpha value is -1.18. The predicted octanol–water partition coefficient (Wildman–Crippen LogP) is 1.54. The van der Waals surface area contributed by atoms with E-state index in [1.807, 2.05) is 22.6 Å². The number of amides is 2. The molecule has 1 aromatic rings. The van der Waals surface area contributed by atoms with Crippen molar-refractivity contribution in [3.05, 3.63) is 33.1 Å². The SMILES string of the molecule is CC(=O)NC[C@@H]1CC(c2ccc(I)c(F)c2)C(=O)N1. The van der Waals surface area contributed by atoms with Gasteiger partial charge in [-0.2, -0.15) is 0 Å². The van der Waals surface area contributed by atoms with E-state index in [0.29, 0.717) is 22.1 Å². The molecule has 1 saturated heterocycles. The largest absolute Gasteiger partial charge is 0.354 e. The van der Waals surface area contributed by atoms with E-state index in [-0.39, 0.29) is 29.6 Å². The molecule has 1 unspecified atom stereocenters. The van der Waals surface area contributed by atoms with Crippen LogP contribution >= 0.6 is 22.6 Å². The van der Waals surface area contributed by atoms with Crippen LogP contribution in [-0.4, -0.2) is 24.4 Å². The monoisotopic (exact) mass is 376 g/mol. The van der Waals surface area contributed by atoms with Gasteiger partial charge in [-0.1, -0.05) is 6.07 Å². The zero-order valence-corrected chi connectivity index (χ0v) is 12.5. The first kappa shape index (κ1) is 14.2. The maximum Gasteiger partial charge on any atom is 0.227 e. The van der Waals surface area contributed by atoms with Crippen molar-refractivity contribution in [3.63, 3.8) is 0 Å². The van der Waals surface area contributed by atoms with Crippen molar-refractivity contribution >= 4 is 34.4 Å². The van der Waals surface area contributed by atoms with Crippen molar-refractivity contribution in [1.29, 1.82) is 0 Å².